The van der Waals surface area contributed by atoms with Gasteiger partial charge in [0.2, 0.25) is 5.75 Å². The second kappa shape index (κ2) is 7.15. The van der Waals surface area contributed by atoms with Gasteiger partial charge in [-0.1, -0.05) is 18.2 Å². The molecule has 142 valence electrons. The molecule has 2 heterocycles. The maximum absolute atomic E-state index is 13.6. The van der Waals surface area contributed by atoms with Crippen molar-refractivity contribution in [2.45, 2.75) is 0 Å². The molecule has 2 aromatic heterocycles. The molecular formula is C22H19NO5. The summed E-state index contributed by atoms with van der Waals surface area (Å²) in [6.45, 7) is 0. The van der Waals surface area contributed by atoms with E-state index in [4.69, 9.17) is 18.6 Å². The standard InChI is InChI=1S/C22H19NO5/c1-25-17-11-13(12-18(26-2)22(17)27-3)21(24)19-14-7-4-5-8-15(14)23-20(19)16-9-6-10-28-16/h4-12,23H,1-3H3. The number of rotatable bonds is 6. The van der Waals surface area contributed by atoms with Crippen LogP contribution in [0.5, 0.6) is 17.2 Å². The van der Waals surface area contributed by atoms with Gasteiger partial charge in [0.25, 0.3) is 0 Å². The van der Waals surface area contributed by atoms with Crippen molar-refractivity contribution in [1.82, 2.24) is 4.98 Å². The van der Waals surface area contributed by atoms with E-state index in [1.807, 2.05) is 30.3 Å². The van der Waals surface area contributed by atoms with Gasteiger partial charge in [-0.25, -0.2) is 0 Å². The topological polar surface area (TPSA) is 73.7 Å². The number of methoxy groups -OCH3 is 3. The van der Waals surface area contributed by atoms with Gasteiger partial charge in [-0.2, -0.15) is 0 Å². The zero-order valence-corrected chi connectivity index (χ0v) is 15.7. The molecule has 0 atom stereocenters. The first kappa shape index (κ1) is 17.7. The van der Waals surface area contributed by atoms with Crippen molar-refractivity contribution < 1.29 is 23.4 Å². The SMILES string of the molecule is COc1cc(C(=O)c2c(-c3ccco3)[nH]c3ccccc23)cc(OC)c1OC. The van der Waals surface area contributed by atoms with Crippen LogP contribution in [0.4, 0.5) is 0 Å². The van der Waals surface area contributed by atoms with Gasteiger partial charge in [0.15, 0.2) is 23.0 Å². The van der Waals surface area contributed by atoms with Crippen molar-refractivity contribution in [3.05, 3.63) is 65.9 Å². The number of benzene rings is 2. The van der Waals surface area contributed by atoms with Crippen LogP contribution in [0, 0.1) is 0 Å². The van der Waals surface area contributed by atoms with Crippen LogP contribution < -0.4 is 14.2 Å². The maximum Gasteiger partial charge on any atom is 0.203 e. The molecule has 4 rings (SSSR count). The molecule has 0 saturated carbocycles. The van der Waals surface area contributed by atoms with Gasteiger partial charge in [-0.05, 0) is 30.3 Å². The summed E-state index contributed by atoms with van der Waals surface area (Å²) in [6, 6.07) is 14.5. The zero-order chi connectivity index (χ0) is 19.7. The monoisotopic (exact) mass is 377 g/mol. The van der Waals surface area contributed by atoms with E-state index in [0.29, 0.717) is 39.8 Å². The quantitative estimate of drug-likeness (QED) is 0.494. The lowest BCUT2D eigenvalue weighted by molar-refractivity contribution is 0.104. The van der Waals surface area contributed by atoms with Gasteiger partial charge in [-0.15, -0.1) is 0 Å². The van der Waals surface area contributed by atoms with Crippen molar-refractivity contribution in [3.63, 3.8) is 0 Å². The first-order valence-corrected chi connectivity index (χ1v) is 8.67. The smallest absolute Gasteiger partial charge is 0.203 e. The van der Waals surface area contributed by atoms with Crippen LogP contribution >= 0.6 is 0 Å². The molecule has 0 amide bonds. The van der Waals surface area contributed by atoms with Crippen LogP contribution in [0.25, 0.3) is 22.4 Å². The van der Waals surface area contributed by atoms with E-state index < -0.39 is 0 Å². The Morgan fingerprint density at radius 2 is 1.64 bits per heavy atom. The van der Waals surface area contributed by atoms with Crippen molar-refractivity contribution in [1.29, 1.82) is 0 Å². The lowest BCUT2D eigenvalue weighted by Gasteiger charge is -2.14. The lowest BCUT2D eigenvalue weighted by Crippen LogP contribution is -2.05. The molecule has 0 bridgehead atoms. The number of carbonyl (C=O) groups excluding carboxylic acids is 1. The van der Waals surface area contributed by atoms with Crippen molar-refractivity contribution in [3.8, 4) is 28.7 Å². The first-order valence-electron chi connectivity index (χ1n) is 8.67. The Kier molecular flexibility index (Phi) is 4.53. The number of nitrogens with one attached hydrogen (secondary N) is 1. The molecular weight excluding hydrogens is 358 g/mol. The molecule has 0 aliphatic heterocycles. The first-order chi connectivity index (χ1) is 13.7. The summed E-state index contributed by atoms with van der Waals surface area (Å²) in [5, 5.41) is 0.813. The number of H-pyrrole nitrogens is 1. The molecule has 6 heteroatoms. The number of fused-ring (bicyclic) bond motifs is 1. The summed E-state index contributed by atoms with van der Waals surface area (Å²) in [5.41, 5.74) is 2.43. The number of ether oxygens (including phenoxy) is 3. The number of carbonyl (C=O) groups is 1. The third kappa shape index (κ3) is 2.79. The second-order valence-electron chi connectivity index (χ2n) is 6.14. The van der Waals surface area contributed by atoms with Crippen molar-refractivity contribution in [2.24, 2.45) is 0 Å². The highest BCUT2D eigenvalue weighted by Crippen LogP contribution is 2.40. The Balaban J connectivity index is 1.94. The fraction of sp³-hybridized carbons (Fsp3) is 0.136. The van der Waals surface area contributed by atoms with Crippen LogP contribution in [-0.2, 0) is 0 Å². The van der Waals surface area contributed by atoms with E-state index in [0.717, 1.165) is 10.9 Å². The second-order valence-corrected chi connectivity index (χ2v) is 6.14. The molecule has 28 heavy (non-hydrogen) atoms. The van der Waals surface area contributed by atoms with Gasteiger partial charge < -0.3 is 23.6 Å². The molecule has 0 aliphatic rings. The summed E-state index contributed by atoms with van der Waals surface area (Å²) in [5.74, 6) is 1.69. The van der Waals surface area contributed by atoms with E-state index in [1.165, 1.54) is 21.3 Å². The minimum Gasteiger partial charge on any atom is -0.493 e. The molecule has 4 aromatic rings. The molecule has 0 aliphatic carbocycles. The van der Waals surface area contributed by atoms with E-state index in [9.17, 15) is 4.79 Å². The Morgan fingerprint density at radius 3 is 2.25 bits per heavy atom. The van der Waals surface area contributed by atoms with Crippen LogP contribution in [0.15, 0.2) is 59.2 Å². The van der Waals surface area contributed by atoms with Crippen molar-refractivity contribution >= 4 is 16.7 Å². The highest BCUT2D eigenvalue weighted by atomic mass is 16.5. The Bertz CT molecular complexity index is 1120. The largest absolute Gasteiger partial charge is 0.493 e. The Hall–Kier alpha value is -3.67. The normalized spacial score (nSPS) is 10.8. The highest BCUT2D eigenvalue weighted by molar-refractivity contribution is 6.20. The van der Waals surface area contributed by atoms with Gasteiger partial charge in [0.1, 0.15) is 0 Å². The molecule has 0 unspecified atom stereocenters. The van der Waals surface area contributed by atoms with Crippen LogP contribution in [-0.4, -0.2) is 32.1 Å². The summed E-state index contributed by atoms with van der Waals surface area (Å²) in [6.07, 6.45) is 1.58. The van der Waals surface area contributed by atoms with Crippen molar-refractivity contribution in [2.75, 3.05) is 21.3 Å². The highest BCUT2D eigenvalue weighted by Gasteiger charge is 2.24. The molecule has 0 fully saturated rings. The number of ketones is 1. The number of hydrogen-bond acceptors (Lipinski definition) is 5. The minimum absolute atomic E-state index is 0.178. The fourth-order valence-electron chi connectivity index (χ4n) is 3.34. The van der Waals surface area contributed by atoms with E-state index in [1.54, 1.807) is 24.5 Å². The Labute approximate surface area is 161 Å². The number of aromatic amines is 1. The average Bonchev–Trinajstić information content (AvgIpc) is 3.39. The predicted molar refractivity (Wildman–Crippen MR) is 106 cm³/mol. The molecule has 2 aromatic carbocycles. The molecule has 1 N–H and O–H groups in total. The molecule has 6 nitrogen and oxygen atoms in total. The number of hydrogen-bond donors (Lipinski definition) is 1. The third-order valence-corrected chi connectivity index (χ3v) is 4.63. The van der Waals surface area contributed by atoms with Crippen LogP contribution in [0.2, 0.25) is 0 Å². The predicted octanol–water partition coefficient (Wildman–Crippen LogP) is 4.68. The van der Waals surface area contributed by atoms with Gasteiger partial charge in [0, 0.05) is 16.5 Å². The number of para-hydroxylation sites is 1. The summed E-state index contributed by atoms with van der Waals surface area (Å²) in [7, 11) is 4.56. The fourth-order valence-corrected chi connectivity index (χ4v) is 3.34. The van der Waals surface area contributed by atoms with E-state index in [2.05, 4.69) is 4.98 Å². The summed E-state index contributed by atoms with van der Waals surface area (Å²) >= 11 is 0. The van der Waals surface area contributed by atoms with Gasteiger partial charge in [-0.3, -0.25) is 4.79 Å². The third-order valence-electron chi connectivity index (χ3n) is 4.63. The molecule has 0 radical (unpaired) electrons. The Morgan fingerprint density at radius 1 is 0.929 bits per heavy atom. The lowest BCUT2D eigenvalue weighted by atomic mass is 9.98. The van der Waals surface area contributed by atoms with Crippen LogP contribution in [0.3, 0.4) is 0 Å². The molecule has 0 spiro atoms. The van der Waals surface area contributed by atoms with Gasteiger partial charge in [0.05, 0.1) is 38.8 Å². The summed E-state index contributed by atoms with van der Waals surface area (Å²) in [4.78, 5) is 16.9. The number of furan rings is 1. The number of aromatic nitrogens is 1. The minimum atomic E-state index is -0.178. The van der Waals surface area contributed by atoms with Gasteiger partial charge >= 0.3 is 0 Å². The van der Waals surface area contributed by atoms with Crippen LogP contribution in [0.1, 0.15) is 15.9 Å². The zero-order valence-electron chi connectivity index (χ0n) is 15.7. The van der Waals surface area contributed by atoms with E-state index in [-0.39, 0.29) is 5.78 Å². The maximum atomic E-state index is 13.6. The van der Waals surface area contributed by atoms with E-state index >= 15 is 0 Å². The summed E-state index contributed by atoms with van der Waals surface area (Å²) < 4.78 is 21.7. The molecule has 0 saturated heterocycles. The average molecular weight is 377 g/mol.